The molecule has 2 aromatic carbocycles. The average molecular weight is 580 g/mol. The van der Waals surface area contributed by atoms with Gasteiger partial charge >= 0.3 is 0 Å². The van der Waals surface area contributed by atoms with E-state index in [2.05, 4.69) is 38.7 Å². The first-order chi connectivity index (χ1) is 18.9. The molecule has 210 valence electrons. The van der Waals surface area contributed by atoms with E-state index in [1.54, 1.807) is 28.2 Å². The van der Waals surface area contributed by atoms with Gasteiger partial charge in [0.2, 0.25) is 15.9 Å². The molecule has 0 spiro atoms. The van der Waals surface area contributed by atoms with Gasteiger partial charge < -0.3 is 10.6 Å². The molecule has 0 saturated carbocycles. The number of carbonyl (C=O) groups excluding carboxylic acids is 2. The molecule has 1 unspecified atom stereocenters. The van der Waals surface area contributed by atoms with Crippen molar-refractivity contribution in [2.24, 2.45) is 7.05 Å². The van der Waals surface area contributed by atoms with Crippen molar-refractivity contribution >= 4 is 33.2 Å². The Balaban J connectivity index is 1.62. The summed E-state index contributed by atoms with van der Waals surface area (Å²) < 4.78 is 27.2. The van der Waals surface area contributed by atoms with Gasteiger partial charge in [0.05, 0.1) is 25.0 Å². The second-order valence-electron chi connectivity index (χ2n) is 9.86. The molecule has 2 heterocycles. The number of nitrogens with one attached hydrogen (secondary N) is 3. The quantitative estimate of drug-likeness (QED) is 0.259. The maximum atomic E-state index is 13.4. The molecule has 0 radical (unpaired) electrons. The summed E-state index contributed by atoms with van der Waals surface area (Å²) in [5, 5.41) is 10.3. The molecule has 0 aliphatic rings. The summed E-state index contributed by atoms with van der Waals surface area (Å²) in [4.78, 5) is 26.8. The van der Waals surface area contributed by atoms with E-state index < -0.39 is 10.0 Å². The fourth-order valence-corrected chi connectivity index (χ4v) is 5.58. The zero-order valence-electron chi connectivity index (χ0n) is 23.1. The number of aryl methyl sites for hydroxylation is 2. The molecule has 40 heavy (non-hydrogen) atoms. The Hall–Kier alpha value is -3.80. The molecule has 1 atom stereocenters. The molecule has 3 N–H and O–H groups in total. The maximum Gasteiger partial charge on any atom is 0.252 e. The Morgan fingerprint density at radius 1 is 1.02 bits per heavy atom. The largest absolute Gasteiger partial charge is 0.351 e. The lowest BCUT2D eigenvalue weighted by Crippen LogP contribution is -2.28. The van der Waals surface area contributed by atoms with Crippen molar-refractivity contribution in [2.75, 3.05) is 6.26 Å². The zero-order chi connectivity index (χ0) is 29.0. The Kier molecular flexibility index (Phi) is 8.87. The first-order valence-electron chi connectivity index (χ1n) is 12.7. The van der Waals surface area contributed by atoms with Crippen molar-refractivity contribution in [3.63, 3.8) is 0 Å². The van der Waals surface area contributed by atoms with Crippen molar-refractivity contribution < 1.29 is 18.0 Å². The Labute approximate surface area is 238 Å². The highest BCUT2D eigenvalue weighted by molar-refractivity contribution is 7.88. The maximum absolute atomic E-state index is 13.4. The van der Waals surface area contributed by atoms with Crippen LogP contribution in [0.25, 0.3) is 21.6 Å². The van der Waals surface area contributed by atoms with Crippen LogP contribution in [0, 0.1) is 6.92 Å². The van der Waals surface area contributed by atoms with Gasteiger partial charge in [0.25, 0.3) is 5.91 Å². The molecule has 2 amide bonds. The molecule has 0 bridgehead atoms. The molecular weight excluding hydrogens is 546 g/mol. The van der Waals surface area contributed by atoms with E-state index in [1.165, 1.54) is 6.92 Å². The van der Waals surface area contributed by atoms with Crippen LogP contribution < -0.4 is 15.4 Å². The number of rotatable bonds is 10. The third-order valence-electron chi connectivity index (χ3n) is 6.38. The van der Waals surface area contributed by atoms with E-state index in [-0.39, 0.29) is 24.4 Å². The SMILES string of the molecule is CC(=O)NCc1ccc(-c2cc(-c3cnn(C)c3)cc(C(C)NC(=O)c3cc(CNS(C)(=O)=O)ccc3C)c2)s1. The molecule has 2 aromatic heterocycles. The number of amides is 2. The van der Waals surface area contributed by atoms with Crippen LogP contribution in [0.2, 0.25) is 0 Å². The smallest absolute Gasteiger partial charge is 0.252 e. The second kappa shape index (κ2) is 12.2. The third-order valence-corrected chi connectivity index (χ3v) is 8.19. The van der Waals surface area contributed by atoms with Gasteiger partial charge in [0.1, 0.15) is 0 Å². The fourth-order valence-electron chi connectivity index (χ4n) is 4.22. The van der Waals surface area contributed by atoms with Crippen LogP contribution in [-0.4, -0.2) is 36.3 Å². The van der Waals surface area contributed by atoms with Crippen molar-refractivity contribution in [3.05, 3.63) is 88.1 Å². The van der Waals surface area contributed by atoms with Crippen LogP contribution in [0.1, 0.15) is 51.8 Å². The average Bonchev–Trinajstić information content (AvgIpc) is 3.55. The zero-order valence-corrected chi connectivity index (χ0v) is 24.7. The molecule has 0 saturated heterocycles. The van der Waals surface area contributed by atoms with Crippen LogP contribution >= 0.6 is 11.3 Å². The lowest BCUT2D eigenvalue weighted by atomic mass is 9.97. The molecule has 0 aliphatic heterocycles. The number of benzene rings is 2. The number of hydrogen-bond donors (Lipinski definition) is 3. The van der Waals surface area contributed by atoms with Gasteiger partial charge in [0.15, 0.2) is 0 Å². The minimum Gasteiger partial charge on any atom is -0.351 e. The predicted octanol–water partition coefficient (Wildman–Crippen LogP) is 4.30. The molecule has 0 aliphatic carbocycles. The topological polar surface area (TPSA) is 122 Å². The van der Waals surface area contributed by atoms with E-state index in [9.17, 15) is 18.0 Å². The third kappa shape index (κ3) is 7.65. The monoisotopic (exact) mass is 579 g/mol. The number of thiophene rings is 1. The van der Waals surface area contributed by atoms with E-state index >= 15 is 0 Å². The van der Waals surface area contributed by atoms with Gasteiger partial charge in [-0.3, -0.25) is 14.3 Å². The van der Waals surface area contributed by atoms with E-state index in [1.807, 2.05) is 51.5 Å². The van der Waals surface area contributed by atoms with Crippen molar-refractivity contribution in [1.29, 1.82) is 0 Å². The summed E-state index contributed by atoms with van der Waals surface area (Å²) in [7, 11) is -1.49. The Morgan fingerprint density at radius 3 is 2.45 bits per heavy atom. The van der Waals surface area contributed by atoms with Crippen LogP contribution in [0.4, 0.5) is 0 Å². The lowest BCUT2D eigenvalue weighted by Gasteiger charge is -2.18. The van der Waals surface area contributed by atoms with Gasteiger partial charge in [-0.2, -0.15) is 5.10 Å². The lowest BCUT2D eigenvalue weighted by molar-refractivity contribution is -0.119. The van der Waals surface area contributed by atoms with Gasteiger partial charge in [-0.05, 0) is 78.1 Å². The van der Waals surface area contributed by atoms with Crippen molar-refractivity contribution in [1.82, 2.24) is 25.1 Å². The number of carbonyl (C=O) groups is 2. The summed E-state index contributed by atoms with van der Waals surface area (Å²) in [6, 6.07) is 15.3. The summed E-state index contributed by atoms with van der Waals surface area (Å²) in [6.07, 6.45) is 4.86. The minimum atomic E-state index is -3.35. The van der Waals surface area contributed by atoms with Crippen molar-refractivity contribution in [2.45, 2.75) is 39.9 Å². The minimum absolute atomic E-state index is 0.0761. The van der Waals surface area contributed by atoms with Gasteiger partial charge in [-0.25, -0.2) is 13.1 Å². The summed E-state index contributed by atoms with van der Waals surface area (Å²) in [6.45, 7) is 5.86. The molecule has 11 heteroatoms. The van der Waals surface area contributed by atoms with Gasteiger partial charge in [-0.1, -0.05) is 12.1 Å². The van der Waals surface area contributed by atoms with Gasteiger partial charge in [-0.15, -0.1) is 11.3 Å². The molecule has 0 fully saturated rings. The summed E-state index contributed by atoms with van der Waals surface area (Å²) >= 11 is 1.61. The second-order valence-corrected chi connectivity index (χ2v) is 12.9. The fraction of sp³-hybridized carbons (Fsp3) is 0.276. The van der Waals surface area contributed by atoms with E-state index in [0.29, 0.717) is 17.7 Å². The molecule has 4 aromatic rings. The molecule has 4 rings (SSSR count). The Morgan fingerprint density at radius 2 is 1.77 bits per heavy atom. The standard InChI is InChI=1S/C29H33N5O4S2/c1-18-6-7-21(14-32-40(5,37)38)10-27(18)29(36)33-19(2)22-11-23(25-15-31-34(4)17-25)13-24(12-22)28-9-8-26(39-28)16-30-20(3)35/h6-13,15,17,19,32H,14,16H2,1-5H3,(H,30,35)(H,33,36). The normalized spacial score (nSPS) is 12.2. The summed E-state index contributed by atoms with van der Waals surface area (Å²) in [5.74, 6) is -0.318. The number of nitrogens with zero attached hydrogens (tertiary/aromatic N) is 2. The number of sulfonamides is 1. The van der Waals surface area contributed by atoms with E-state index in [4.69, 9.17) is 0 Å². The van der Waals surface area contributed by atoms with Gasteiger partial charge in [0, 0.05) is 47.6 Å². The number of aromatic nitrogens is 2. The predicted molar refractivity (Wildman–Crippen MR) is 158 cm³/mol. The highest BCUT2D eigenvalue weighted by atomic mass is 32.2. The molecular formula is C29H33N5O4S2. The highest BCUT2D eigenvalue weighted by Crippen LogP contribution is 2.34. The van der Waals surface area contributed by atoms with Crippen molar-refractivity contribution in [3.8, 4) is 21.6 Å². The first kappa shape index (κ1) is 29.2. The number of hydrogen-bond acceptors (Lipinski definition) is 6. The van der Waals surface area contributed by atoms with Crippen LogP contribution in [0.3, 0.4) is 0 Å². The van der Waals surface area contributed by atoms with Crippen LogP contribution in [0.5, 0.6) is 0 Å². The van der Waals surface area contributed by atoms with Crippen LogP contribution in [0.15, 0.2) is 60.9 Å². The molecule has 9 nitrogen and oxygen atoms in total. The highest BCUT2D eigenvalue weighted by Gasteiger charge is 2.17. The Bertz CT molecular complexity index is 1660. The summed E-state index contributed by atoms with van der Waals surface area (Å²) in [5.41, 5.74) is 5.84. The van der Waals surface area contributed by atoms with Crippen LogP contribution in [-0.2, 0) is 35.0 Å². The first-order valence-corrected chi connectivity index (χ1v) is 15.4. The van der Waals surface area contributed by atoms with E-state index in [0.717, 1.165) is 43.8 Å².